The van der Waals surface area contributed by atoms with E-state index in [1.807, 2.05) is 20.8 Å². The molecule has 1 unspecified atom stereocenters. The van der Waals surface area contributed by atoms with Crippen LogP contribution in [-0.2, 0) is 14.3 Å². The number of carbonyl (C=O) groups is 1. The summed E-state index contributed by atoms with van der Waals surface area (Å²) < 4.78 is 10.9. The van der Waals surface area contributed by atoms with Crippen molar-refractivity contribution in [2.75, 3.05) is 7.11 Å². The molecule has 3 nitrogen and oxygen atoms in total. The molecule has 0 aliphatic rings. The van der Waals surface area contributed by atoms with Crippen molar-refractivity contribution in [2.45, 2.75) is 90.8 Å². The summed E-state index contributed by atoms with van der Waals surface area (Å²) in [6.07, 6.45) is 6.51. The zero-order chi connectivity index (χ0) is 14.9. The number of hydrogen-bond donors (Lipinski definition) is 0. The molecule has 0 rings (SSSR count). The molecule has 0 aromatic heterocycles. The minimum absolute atomic E-state index is 0.00922. The molecule has 0 bridgehead atoms. The molecule has 114 valence electrons. The normalized spacial score (nSPS) is 15.1. The molecule has 0 radical (unpaired) electrons. The Morgan fingerprint density at radius 3 is 2.11 bits per heavy atom. The molecule has 3 heteroatoms. The fraction of sp³-hybridized carbons (Fsp3) is 0.938. The van der Waals surface area contributed by atoms with Crippen LogP contribution in [0.15, 0.2) is 0 Å². The first kappa shape index (κ1) is 18.4. The van der Waals surface area contributed by atoms with Crippen LogP contribution in [0.25, 0.3) is 0 Å². The summed E-state index contributed by atoms with van der Waals surface area (Å²) in [7, 11) is 1.77. The van der Waals surface area contributed by atoms with Gasteiger partial charge in [0.15, 0.2) is 0 Å². The average Bonchev–Trinajstić information content (AvgIpc) is 2.37. The first-order chi connectivity index (χ1) is 8.78. The Hall–Kier alpha value is -0.570. The summed E-state index contributed by atoms with van der Waals surface area (Å²) >= 11 is 0. The van der Waals surface area contributed by atoms with Gasteiger partial charge in [-0.25, -0.2) is 0 Å². The van der Waals surface area contributed by atoms with Gasteiger partial charge in [-0.05, 0) is 46.5 Å². The highest BCUT2D eigenvalue weighted by Gasteiger charge is 2.21. The number of ether oxygens (including phenoxy) is 2. The van der Waals surface area contributed by atoms with Gasteiger partial charge in [-0.3, -0.25) is 4.79 Å². The van der Waals surface area contributed by atoms with Crippen LogP contribution in [0, 0.1) is 0 Å². The summed E-state index contributed by atoms with van der Waals surface area (Å²) in [5, 5.41) is 0. The Labute approximate surface area is 119 Å². The van der Waals surface area contributed by atoms with E-state index in [1.54, 1.807) is 7.11 Å². The predicted octanol–water partition coefficient (Wildman–Crippen LogP) is 4.48. The molecule has 0 aliphatic heterocycles. The smallest absolute Gasteiger partial charge is 0.306 e. The largest absolute Gasteiger partial charge is 0.460 e. The Bertz CT molecular complexity index is 255. The van der Waals surface area contributed by atoms with Crippen LogP contribution in [0.4, 0.5) is 0 Å². The topological polar surface area (TPSA) is 35.5 Å². The standard InChI is InChI=1S/C16H32O3/c1-7-15(3,4)19-14(17)12-10-9-11-13-16(5,8-2)18-6/h7-13H2,1-6H3. The van der Waals surface area contributed by atoms with Gasteiger partial charge in [0.05, 0.1) is 5.60 Å². The van der Waals surface area contributed by atoms with Gasteiger partial charge in [0, 0.05) is 13.5 Å². The molecule has 0 aliphatic carbocycles. The van der Waals surface area contributed by atoms with E-state index < -0.39 is 0 Å². The van der Waals surface area contributed by atoms with Gasteiger partial charge >= 0.3 is 5.97 Å². The quantitative estimate of drug-likeness (QED) is 0.434. The lowest BCUT2D eigenvalue weighted by molar-refractivity contribution is -0.156. The van der Waals surface area contributed by atoms with Crippen molar-refractivity contribution in [3.63, 3.8) is 0 Å². The van der Waals surface area contributed by atoms with Crippen molar-refractivity contribution in [1.29, 1.82) is 0 Å². The molecule has 0 amide bonds. The van der Waals surface area contributed by atoms with E-state index in [0.717, 1.165) is 38.5 Å². The molecule has 0 saturated heterocycles. The third-order valence-corrected chi connectivity index (χ3v) is 4.07. The first-order valence-corrected chi connectivity index (χ1v) is 7.55. The highest BCUT2D eigenvalue weighted by atomic mass is 16.6. The summed E-state index contributed by atoms with van der Waals surface area (Å²) in [5.74, 6) is -0.0724. The Kier molecular flexibility index (Phi) is 8.31. The minimum atomic E-state index is -0.325. The summed E-state index contributed by atoms with van der Waals surface area (Å²) in [4.78, 5) is 11.6. The number of methoxy groups -OCH3 is 1. The molecule has 0 fully saturated rings. The number of esters is 1. The molecule has 0 heterocycles. The number of rotatable bonds is 10. The van der Waals surface area contributed by atoms with Crippen LogP contribution in [0.2, 0.25) is 0 Å². The van der Waals surface area contributed by atoms with Crippen molar-refractivity contribution in [1.82, 2.24) is 0 Å². The van der Waals surface area contributed by atoms with E-state index in [1.165, 1.54) is 0 Å². The van der Waals surface area contributed by atoms with E-state index in [4.69, 9.17) is 9.47 Å². The average molecular weight is 272 g/mol. The molecule has 0 aromatic carbocycles. The molecule has 0 spiro atoms. The maximum atomic E-state index is 11.6. The zero-order valence-corrected chi connectivity index (χ0v) is 13.7. The molecule has 0 saturated carbocycles. The third kappa shape index (κ3) is 8.25. The van der Waals surface area contributed by atoms with E-state index in [0.29, 0.717) is 6.42 Å². The number of unbranched alkanes of at least 4 members (excludes halogenated alkanes) is 2. The van der Waals surface area contributed by atoms with Gasteiger partial charge in [-0.1, -0.05) is 26.7 Å². The highest BCUT2D eigenvalue weighted by molar-refractivity contribution is 5.69. The lowest BCUT2D eigenvalue weighted by Gasteiger charge is -2.26. The fourth-order valence-electron chi connectivity index (χ4n) is 1.80. The van der Waals surface area contributed by atoms with Gasteiger partial charge in [0.1, 0.15) is 5.60 Å². The zero-order valence-electron chi connectivity index (χ0n) is 13.7. The van der Waals surface area contributed by atoms with Gasteiger partial charge in [0.25, 0.3) is 0 Å². The Morgan fingerprint density at radius 2 is 1.63 bits per heavy atom. The summed E-state index contributed by atoms with van der Waals surface area (Å²) in [5.41, 5.74) is -0.335. The fourth-order valence-corrected chi connectivity index (χ4v) is 1.80. The van der Waals surface area contributed by atoms with Gasteiger partial charge in [-0.15, -0.1) is 0 Å². The van der Waals surface area contributed by atoms with Gasteiger partial charge in [-0.2, -0.15) is 0 Å². The third-order valence-electron chi connectivity index (χ3n) is 4.07. The predicted molar refractivity (Wildman–Crippen MR) is 79.3 cm³/mol. The second-order valence-corrected chi connectivity index (χ2v) is 6.16. The second-order valence-electron chi connectivity index (χ2n) is 6.16. The maximum absolute atomic E-state index is 11.6. The first-order valence-electron chi connectivity index (χ1n) is 7.55. The van der Waals surface area contributed by atoms with Crippen molar-refractivity contribution < 1.29 is 14.3 Å². The molecular formula is C16H32O3. The van der Waals surface area contributed by atoms with E-state index >= 15 is 0 Å². The minimum Gasteiger partial charge on any atom is -0.460 e. The van der Waals surface area contributed by atoms with Crippen LogP contribution in [0.5, 0.6) is 0 Å². The van der Waals surface area contributed by atoms with E-state index in [2.05, 4.69) is 13.8 Å². The highest BCUT2D eigenvalue weighted by Crippen LogP contribution is 2.22. The number of hydrogen-bond acceptors (Lipinski definition) is 3. The lowest BCUT2D eigenvalue weighted by Crippen LogP contribution is -2.27. The monoisotopic (exact) mass is 272 g/mol. The van der Waals surface area contributed by atoms with Crippen molar-refractivity contribution in [3.8, 4) is 0 Å². The maximum Gasteiger partial charge on any atom is 0.306 e. The van der Waals surface area contributed by atoms with E-state index in [9.17, 15) is 4.79 Å². The summed E-state index contributed by atoms with van der Waals surface area (Å²) in [6, 6.07) is 0. The molecule has 0 aromatic rings. The molecule has 0 N–H and O–H groups in total. The van der Waals surface area contributed by atoms with Crippen LogP contribution in [0.3, 0.4) is 0 Å². The Morgan fingerprint density at radius 1 is 1.00 bits per heavy atom. The number of carbonyl (C=O) groups excluding carboxylic acids is 1. The van der Waals surface area contributed by atoms with Crippen LogP contribution in [-0.4, -0.2) is 24.3 Å². The van der Waals surface area contributed by atoms with Gasteiger partial charge in [0.2, 0.25) is 0 Å². The van der Waals surface area contributed by atoms with E-state index in [-0.39, 0.29) is 17.2 Å². The molecule has 19 heavy (non-hydrogen) atoms. The Balaban J connectivity index is 3.73. The van der Waals surface area contributed by atoms with Crippen molar-refractivity contribution >= 4 is 5.97 Å². The SMILES string of the molecule is CCC(C)(C)OC(=O)CCCCCC(C)(CC)OC. The summed E-state index contributed by atoms with van der Waals surface area (Å²) in [6.45, 7) is 10.2. The second kappa shape index (κ2) is 8.57. The van der Waals surface area contributed by atoms with Crippen LogP contribution >= 0.6 is 0 Å². The van der Waals surface area contributed by atoms with Crippen molar-refractivity contribution in [2.24, 2.45) is 0 Å². The molecular weight excluding hydrogens is 240 g/mol. The molecule has 1 atom stereocenters. The van der Waals surface area contributed by atoms with Crippen LogP contribution in [0.1, 0.15) is 79.6 Å². The van der Waals surface area contributed by atoms with Gasteiger partial charge < -0.3 is 9.47 Å². The van der Waals surface area contributed by atoms with Crippen molar-refractivity contribution in [3.05, 3.63) is 0 Å². The lowest BCUT2D eigenvalue weighted by atomic mass is 9.95. The van der Waals surface area contributed by atoms with Crippen LogP contribution < -0.4 is 0 Å².